The van der Waals surface area contributed by atoms with E-state index in [1.54, 1.807) is 36.3 Å². The van der Waals surface area contributed by atoms with Crippen molar-refractivity contribution in [1.29, 1.82) is 0 Å². The number of methoxy groups -OCH3 is 2. The summed E-state index contributed by atoms with van der Waals surface area (Å²) in [7, 11) is 2.91. The number of amides is 1. The van der Waals surface area contributed by atoms with Gasteiger partial charge in [-0.2, -0.15) is 0 Å². The molecule has 2 bridgehead atoms. The molecule has 2 fully saturated rings. The van der Waals surface area contributed by atoms with E-state index < -0.39 is 35.5 Å². The van der Waals surface area contributed by atoms with Crippen LogP contribution < -0.4 is 9.47 Å². The molecule has 4 atom stereocenters. The monoisotopic (exact) mass is 475 g/mol. The Kier molecular flexibility index (Phi) is 5.90. The highest BCUT2D eigenvalue weighted by Gasteiger charge is 2.67. The van der Waals surface area contributed by atoms with Crippen molar-refractivity contribution in [3.8, 4) is 11.5 Å². The van der Waals surface area contributed by atoms with Crippen molar-refractivity contribution < 1.29 is 33.3 Å². The maximum Gasteiger partial charge on any atom is 0.336 e. The Balaban J connectivity index is 1.24. The summed E-state index contributed by atoms with van der Waals surface area (Å²) in [5.74, 6) is -1.20. The van der Waals surface area contributed by atoms with Crippen LogP contribution in [-0.2, 0) is 30.4 Å². The van der Waals surface area contributed by atoms with Crippen LogP contribution in [0.5, 0.6) is 11.5 Å². The van der Waals surface area contributed by atoms with Gasteiger partial charge in [0.05, 0.1) is 32.8 Å². The molecule has 0 N–H and O–H groups in total. The normalized spacial score (nSPS) is 26.3. The van der Waals surface area contributed by atoms with E-state index in [2.05, 4.69) is 0 Å². The van der Waals surface area contributed by atoms with Crippen LogP contribution in [0.15, 0.2) is 66.8 Å². The molecule has 2 saturated heterocycles. The van der Waals surface area contributed by atoms with Gasteiger partial charge >= 0.3 is 11.9 Å². The lowest BCUT2D eigenvalue weighted by Crippen LogP contribution is -2.39. The van der Waals surface area contributed by atoms with Gasteiger partial charge in [0.1, 0.15) is 23.0 Å². The molecule has 3 aliphatic rings. The van der Waals surface area contributed by atoms with Gasteiger partial charge in [0.15, 0.2) is 0 Å². The lowest BCUT2D eigenvalue weighted by Gasteiger charge is -2.22. The van der Waals surface area contributed by atoms with E-state index in [4.69, 9.17) is 18.9 Å². The summed E-state index contributed by atoms with van der Waals surface area (Å²) in [5.41, 5.74) is 0.841. The first-order chi connectivity index (χ1) is 16.9. The van der Waals surface area contributed by atoms with Crippen molar-refractivity contribution in [2.24, 2.45) is 11.8 Å². The van der Waals surface area contributed by atoms with E-state index in [0.717, 1.165) is 16.9 Å². The van der Waals surface area contributed by atoms with Gasteiger partial charge in [0.2, 0.25) is 5.91 Å². The third-order valence-corrected chi connectivity index (χ3v) is 6.67. The Hall–Kier alpha value is -3.91. The van der Waals surface area contributed by atoms with E-state index in [1.165, 1.54) is 13.2 Å². The lowest BCUT2D eigenvalue weighted by atomic mass is 9.77. The number of benzene rings is 2. The topological polar surface area (TPSA) is 91.4 Å². The second-order valence-electron chi connectivity index (χ2n) is 8.79. The molecular formula is C27H25NO7. The van der Waals surface area contributed by atoms with Crippen LogP contribution in [0.3, 0.4) is 0 Å². The highest BCUT2D eigenvalue weighted by molar-refractivity contribution is 5.91. The van der Waals surface area contributed by atoms with Crippen molar-refractivity contribution in [3.05, 3.63) is 77.9 Å². The molecule has 3 aliphatic heterocycles. The minimum atomic E-state index is -0.795. The molecule has 8 nitrogen and oxygen atoms in total. The number of carbonyl (C=O) groups is 3. The summed E-state index contributed by atoms with van der Waals surface area (Å²) < 4.78 is 21.5. The number of rotatable bonds is 7. The van der Waals surface area contributed by atoms with Crippen LogP contribution in [0.4, 0.5) is 0 Å². The molecule has 1 spiro atoms. The molecule has 0 aromatic heterocycles. The molecule has 8 heteroatoms. The number of carbonyl (C=O) groups excluding carboxylic acids is 3. The van der Waals surface area contributed by atoms with Crippen LogP contribution in [0.1, 0.15) is 11.1 Å². The molecule has 3 heterocycles. The van der Waals surface area contributed by atoms with E-state index in [-0.39, 0.29) is 5.91 Å². The molecule has 1 amide bonds. The summed E-state index contributed by atoms with van der Waals surface area (Å²) in [6.45, 7) is 0.658. The zero-order valence-corrected chi connectivity index (χ0v) is 19.4. The summed E-state index contributed by atoms with van der Waals surface area (Å²) in [5, 5.41) is 0. The molecule has 0 aliphatic carbocycles. The van der Waals surface area contributed by atoms with E-state index in [0.29, 0.717) is 18.8 Å². The van der Waals surface area contributed by atoms with Crippen molar-refractivity contribution in [1.82, 2.24) is 4.90 Å². The van der Waals surface area contributed by atoms with Crippen LogP contribution >= 0.6 is 0 Å². The number of hydrogen-bond donors (Lipinski definition) is 0. The van der Waals surface area contributed by atoms with E-state index in [9.17, 15) is 14.4 Å². The predicted octanol–water partition coefficient (Wildman–Crippen LogP) is 2.77. The fourth-order valence-electron chi connectivity index (χ4n) is 5.07. The van der Waals surface area contributed by atoms with Gasteiger partial charge in [-0.05, 0) is 41.5 Å². The average Bonchev–Trinajstić information content (AvgIpc) is 3.51. The van der Waals surface area contributed by atoms with Gasteiger partial charge in [0, 0.05) is 12.6 Å². The Morgan fingerprint density at radius 1 is 1.14 bits per heavy atom. The fourth-order valence-corrected chi connectivity index (χ4v) is 5.07. The minimum Gasteiger partial charge on any atom is -0.497 e. The highest BCUT2D eigenvalue weighted by Crippen LogP contribution is 2.52. The molecule has 35 heavy (non-hydrogen) atoms. The number of likely N-dealkylation sites (tertiary alicyclic amines) is 1. The summed E-state index contributed by atoms with van der Waals surface area (Å²) in [4.78, 5) is 39.5. The first-order valence-corrected chi connectivity index (χ1v) is 11.3. The summed E-state index contributed by atoms with van der Waals surface area (Å²) in [6, 6.07) is 14.3. The first kappa shape index (κ1) is 22.9. The SMILES string of the molecule is COC(=O)[C@@H]1[C@H]2C=C[C@@]3(CN(Cc4cccc(OC(=O)/C=C/c5ccc(OC)cc5)c4)C(=O)[C@@H]13)O2. The van der Waals surface area contributed by atoms with E-state index in [1.807, 2.05) is 42.5 Å². The Bertz CT molecular complexity index is 1220. The van der Waals surface area contributed by atoms with Crippen LogP contribution in [0, 0.1) is 11.8 Å². The van der Waals surface area contributed by atoms with E-state index >= 15 is 0 Å². The van der Waals surface area contributed by atoms with Crippen molar-refractivity contribution in [2.45, 2.75) is 18.2 Å². The zero-order chi connectivity index (χ0) is 24.6. The zero-order valence-electron chi connectivity index (χ0n) is 19.4. The smallest absolute Gasteiger partial charge is 0.336 e. The second kappa shape index (κ2) is 9.03. The predicted molar refractivity (Wildman–Crippen MR) is 125 cm³/mol. The molecule has 5 rings (SSSR count). The van der Waals surface area contributed by atoms with Crippen molar-refractivity contribution in [3.63, 3.8) is 0 Å². The third-order valence-electron chi connectivity index (χ3n) is 6.67. The number of esters is 2. The number of ether oxygens (including phenoxy) is 4. The van der Waals surface area contributed by atoms with Crippen molar-refractivity contribution in [2.75, 3.05) is 20.8 Å². The number of nitrogens with zero attached hydrogens (tertiary/aromatic N) is 1. The molecular weight excluding hydrogens is 450 g/mol. The van der Waals surface area contributed by atoms with Gasteiger partial charge in [-0.1, -0.05) is 36.4 Å². The highest BCUT2D eigenvalue weighted by atomic mass is 16.5. The lowest BCUT2D eigenvalue weighted by molar-refractivity contribution is -0.151. The fraction of sp³-hybridized carbons (Fsp3) is 0.296. The number of fused-ring (bicyclic) bond motifs is 1. The molecule has 0 unspecified atom stereocenters. The maximum atomic E-state index is 13.2. The van der Waals surface area contributed by atoms with Gasteiger partial charge in [-0.15, -0.1) is 0 Å². The van der Waals surface area contributed by atoms with Gasteiger partial charge in [-0.25, -0.2) is 4.79 Å². The average molecular weight is 475 g/mol. The van der Waals surface area contributed by atoms with Crippen molar-refractivity contribution >= 4 is 23.9 Å². The second-order valence-corrected chi connectivity index (χ2v) is 8.79. The first-order valence-electron chi connectivity index (χ1n) is 11.3. The standard InChI is InChI=1S/C27H25NO7/c1-32-19-9-6-17(7-10-19)8-11-22(29)34-20-5-3-4-18(14-20)15-28-16-27-13-12-21(35-27)23(26(31)33-2)24(27)25(28)30/h3-14,21,23-24H,15-16H2,1-2H3/b11-8+/t21-,23-,24-,27+/m1/s1. The molecule has 0 radical (unpaired) electrons. The van der Waals surface area contributed by atoms with Crippen LogP contribution in [0.2, 0.25) is 0 Å². The van der Waals surface area contributed by atoms with Gasteiger partial charge < -0.3 is 23.8 Å². The van der Waals surface area contributed by atoms with Crippen LogP contribution in [0.25, 0.3) is 6.08 Å². The quantitative estimate of drug-likeness (QED) is 0.263. The summed E-state index contributed by atoms with van der Waals surface area (Å²) in [6.07, 6.45) is 6.33. The van der Waals surface area contributed by atoms with Gasteiger partial charge in [0.25, 0.3) is 0 Å². The molecule has 0 saturated carbocycles. The Morgan fingerprint density at radius 3 is 2.69 bits per heavy atom. The molecule has 2 aromatic carbocycles. The molecule has 180 valence electrons. The van der Waals surface area contributed by atoms with Crippen LogP contribution in [-0.4, -0.2) is 55.2 Å². The Morgan fingerprint density at radius 2 is 1.94 bits per heavy atom. The summed E-state index contributed by atoms with van der Waals surface area (Å²) >= 11 is 0. The Labute approximate surface area is 202 Å². The van der Waals surface area contributed by atoms with Gasteiger partial charge in [-0.3, -0.25) is 9.59 Å². The maximum absolute atomic E-state index is 13.2. The number of hydrogen-bond acceptors (Lipinski definition) is 7. The largest absolute Gasteiger partial charge is 0.497 e. The minimum absolute atomic E-state index is 0.142. The third kappa shape index (κ3) is 4.21. The molecule has 2 aromatic rings.